The van der Waals surface area contributed by atoms with E-state index in [1.165, 1.54) is 77.8 Å². The largest absolute Gasteiger partial charge is 0.435 e. The third kappa shape index (κ3) is 2.71. The predicted molar refractivity (Wildman–Crippen MR) is 118 cm³/mol. The molecule has 2 aromatic rings. The molecular formula is C27H32NO+. The van der Waals surface area contributed by atoms with Crippen LogP contribution in [-0.2, 0) is 5.41 Å². The highest BCUT2D eigenvalue weighted by molar-refractivity contribution is 5.83. The summed E-state index contributed by atoms with van der Waals surface area (Å²) in [5, 5.41) is 0. The van der Waals surface area contributed by atoms with Gasteiger partial charge in [-0.15, -0.1) is 0 Å². The number of para-hydroxylation sites is 1. The lowest BCUT2D eigenvalue weighted by Gasteiger charge is -2.57. The molecule has 2 heteroatoms. The van der Waals surface area contributed by atoms with Crippen LogP contribution in [0.4, 0.5) is 5.69 Å². The summed E-state index contributed by atoms with van der Waals surface area (Å²) < 4.78 is 8.87. The smallest absolute Gasteiger partial charge is 0.292 e. The molecule has 4 aliphatic carbocycles. The molecule has 2 nitrogen and oxygen atoms in total. The summed E-state index contributed by atoms with van der Waals surface area (Å²) in [5.74, 6) is 4.04. The monoisotopic (exact) mass is 386 g/mol. The van der Waals surface area contributed by atoms with E-state index in [1.54, 1.807) is 0 Å². The summed E-state index contributed by atoms with van der Waals surface area (Å²) in [6.45, 7) is 7.27. The number of rotatable bonds is 2. The van der Waals surface area contributed by atoms with Crippen LogP contribution in [0.3, 0.4) is 0 Å². The normalized spacial score (nSPS) is 32.0. The summed E-state index contributed by atoms with van der Waals surface area (Å²) >= 11 is 0. The molecule has 2 aromatic carbocycles. The van der Waals surface area contributed by atoms with Crippen LogP contribution < -0.4 is 4.74 Å². The van der Waals surface area contributed by atoms with Gasteiger partial charge in [0.25, 0.3) is 6.73 Å². The summed E-state index contributed by atoms with van der Waals surface area (Å²) in [7, 11) is 0. The second-order valence-corrected chi connectivity index (χ2v) is 10.5. The fourth-order valence-corrected chi connectivity index (χ4v) is 7.62. The lowest BCUT2D eigenvalue weighted by atomic mass is 9.48. The molecule has 0 saturated heterocycles. The van der Waals surface area contributed by atoms with E-state index in [9.17, 15) is 0 Å². The maximum atomic E-state index is 6.57. The third-order valence-electron chi connectivity index (χ3n) is 8.24. The zero-order chi connectivity index (χ0) is 19.8. The van der Waals surface area contributed by atoms with E-state index in [1.807, 2.05) is 0 Å². The van der Waals surface area contributed by atoms with E-state index in [2.05, 4.69) is 61.9 Å². The van der Waals surface area contributed by atoms with Crippen molar-refractivity contribution < 1.29 is 9.31 Å². The molecule has 4 saturated carbocycles. The van der Waals surface area contributed by atoms with Gasteiger partial charge in [-0.1, -0.05) is 24.3 Å². The zero-order valence-electron chi connectivity index (χ0n) is 18.0. The Labute approximate surface area is 174 Å². The van der Waals surface area contributed by atoms with Crippen molar-refractivity contribution in [2.24, 2.45) is 17.8 Å². The van der Waals surface area contributed by atoms with Gasteiger partial charge in [0.05, 0.1) is 5.56 Å². The molecule has 4 fully saturated rings. The van der Waals surface area contributed by atoms with Gasteiger partial charge in [0.15, 0.2) is 6.21 Å². The standard InChI is InChI=1S/C27H32NO/c1-17-7-23-15-28(25-18(2)5-4-6-19(25)3)16-29-26(23)24(8-17)27-12-20-9-21(13-27)11-22(10-20)14-27/h4-8,15,20-22H,9-14,16H2,1-3H3/q+1. The van der Waals surface area contributed by atoms with Crippen molar-refractivity contribution in [3.05, 3.63) is 58.1 Å². The Balaban J connectivity index is 1.47. The van der Waals surface area contributed by atoms with Crippen LogP contribution in [0, 0.1) is 38.5 Å². The molecule has 0 spiro atoms. The number of ether oxygens (including phenoxy) is 1. The molecule has 1 heterocycles. The van der Waals surface area contributed by atoms with Crippen molar-refractivity contribution >= 4 is 11.9 Å². The first kappa shape index (κ1) is 17.7. The van der Waals surface area contributed by atoms with E-state index in [4.69, 9.17) is 4.74 Å². The Morgan fingerprint density at radius 2 is 1.52 bits per heavy atom. The van der Waals surface area contributed by atoms with Crippen molar-refractivity contribution in [3.63, 3.8) is 0 Å². The molecule has 0 N–H and O–H groups in total. The summed E-state index contributed by atoms with van der Waals surface area (Å²) in [5.41, 5.74) is 8.45. The highest BCUT2D eigenvalue weighted by atomic mass is 16.5. The maximum Gasteiger partial charge on any atom is 0.292 e. The van der Waals surface area contributed by atoms with Crippen LogP contribution in [0.5, 0.6) is 5.75 Å². The molecule has 0 radical (unpaired) electrons. The molecule has 0 unspecified atom stereocenters. The van der Waals surface area contributed by atoms with Gasteiger partial charge in [-0.3, -0.25) is 0 Å². The van der Waals surface area contributed by atoms with Gasteiger partial charge in [-0.25, -0.2) is 0 Å². The Morgan fingerprint density at radius 1 is 0.897 bits per heavy atom. The van der Waals surface area contributed by atoms with Crippen LogP contribution in [0.15, 0.2) is 30.3 Å². The average molecular weight is 387 g/mol. The van der Waals surface area contributed by atoms with Crippen molar-refractivity contribution in [1.82, 2.24) is 0 Å². The molecule has 5 aliphatic rings. The van der Waals surface area contributed by atoms with Crippen LogP contribution in [0.25, 0.3) is 0 Å². The first-order chi connectivity index (χ1) is 14.0. The van der Waals surface area contributed by atoms with E-state index in [-0.39, 0.29) is 0 Å². The first-order valence-electron chi connectivity index (χ1n) is 11.5. The topological polar surface area (TPSA) is 12.2 Å². The van der Waals surface area contributed by atoms with Crippen LogP contribution in [0.1, 0.15) is 66.3 Å². The lowest BCUT2D eigenvalue weighted by molar-refractivity contribution is -0.477. The Kier molecular flexibility index (Phi) is 3.79. The van der Waals surface area contributed by atoms with E-state index < -0.39 is 0 Å². The maximum absolute atomic E-state index is 6.57. The highest BCUT2D eigenvalue weighted by Gasteiger charge is 2.53. The van der Waals surface area contributed by atoms with Crippen molar-refractivity contribution in [2.45, 2.75) is 64.7 Å². The zero-order valence-corrected chi connectivity index (χ0v) is 18.0. The van der Waals surface area contributed by atoms with Crippen LogP contribution >= 0.6 is 0 Å². The van der Waals surface area contributed by atoms with Gasteiger partial charge in [0, 0.05) is 16.7 Å². The number of aryl methyl sites for hydroxylation is 3. The molecule has 29 heavy (non-hydrogen) atoms. The minimum atomic E-state index is 0.374. The number of hydrogen-bond donors (Lipinski definition) is 0. The molecule has 1 aliphatic heterocycles. The Hall–Kier alpha value is -2.09. The summed E-state index contributed by atoms with van der Waals surface area (Å²) in [6, 6.07) is 11.3. The first-order valence-corrected chi connectivity index (χ1v) is 11.5. The molecule has 0 aromatic heterocycles. The SMILES string of the molecule is Cc1cc2c(c(C34CC5CC(CC(C5)C3)C4)c1)OC[N+](c1c(C)cccc1C)=C2. The van der Waals surface area contributed by atoms with E-state index in [0.717, 1.165) is 17.8 Å². The Morgan fingerprint density at radius 3 is 2.14 bits per heavy atom. The molecule has 7 rings (SSSR count). The highest BCUT2D eigenvalue weighted by Crippen LogP contribution is 2.62. The summed E-state index contributed by atoms with van der Waals surface area (Å²) in [6.07, 6.45) is 11.0. The van der Waals surface area contributed by atoms with Gasteiger partial charge in [0.1, 0.15) is 5.75 Å². The quantitative estimate of drug-likeness (QED) is 0.560. The minimum absolute atomic E-state index is 0.374. The van der Waals surface area contributed by atoms with E-state index >= 15 is 0 Å². The fourth-order valence-electron chi connectivity index (χ4n) is 7.62. The Bertz CT molecular complexity index is 976. The molecule has 150 valence electrons. The average Bonchev–Trinajstić information content (AvgIpc) is 2.66. The number of fused-ring (bicyclic) bond motifs is 1. The van der Waals surface area contributed by atoms with Crippen molar-refractivity contribution in [3.8, 4) is 5.75 Å². The van der Waals surface area contributed by atoms with Crippen molar-refractivity contribution in [1.29, 1.82) is 0 Å². The number of hydrogen-bond acceptors (Lipinski definition) is 1. The third-order valence-corrected chi connectivity index (χ3v) is 8.24. The van der Waals surface area contributed by atoms with Gasteiger partial charge >= 0.3 is 0 Å². The molecule has 0 atom stereocenters. The van der Waals surface area contributed by atoms with Gasteiger partial charge in [-0.05, 0) is 94.1 Å². The van der Waals surface area contributed by atoms with Crippen LogP contribution in [-0.4, -0.2) is 17.5 Å². The molecular weight excluding hydrogens is 354 g/mol. The summed E-state index contributed by atoms with van der Waals surface area (Å²) in [4.78, 5) is 0. The van der Waals surface area contributed by atoms with Gasteiger partial charge in [-0.2, -0.15) is 4.58 Å². The minimum Gasteiger partial charge on any atom is -0.435 e. The number of nitrogens with zero attached hydrogens (tertiary/aromatic N) is 1. The molecule has 0 amide bonds. The second kappa shape index (κ2) is 6.20. The lowest BCUT2D eigenvalue weighted by Crippen LogP contribution is -2.49. The van der Waals surface area contributed by atoms with Crippen LogP contribution in [0.2, 0.25) is 0 Å². The van der Waals surface area contributed by atoms with Crippen molar-refractivity contribution in [2.75, 3.05) is 6.73 Å². The number of benzene rings is 2. The second-order valence-electron chi connectivity index (χ2n) is 10.5. The predicted octanol–water partition coefficient (Wildman–Crippen LogP) is 6.19. The molecule has 4 bridgehead atoms. The van der Waals surface area contributed by atoms with E-state index in [0.29, 0.717) is 12.1 Å². The fraction of sp³-hybridized carbons (Fsp3) is 0.519. The van der Waals surface area contributed by atoms with Gasteiger partial charge in [0.2, 0.25) is 5.69 Å². The van der Waals surface area contributed by atoms with Gasteiger partial charge < -0.3 is 4.74 Å².